The van der Waals surface area contributed by atoms with E-state index in [0.29, 0.717) is 12.3 Å². The van der Waals surface area contributed by atoms with Crippen LogP contribution in [0.5, 0.6) is 0 Å². The molecule has 3 nitrogen and oxygen atoms in total. The maximum absolute atomic E-state index is 3.28. The summed E-state index contributed by atoms with van der Waals surface area (Å²) in [5, 5.41) is 2.12. The average molecular weight is 383 g/mol. The van der Waals surface area contributed by atoms with Crippen molar-refractivity contribution in [1.82, 2.24) is 15.3 Å². The molecule has 1 aliphatic rings. The van der Waals surface area contributed by atoms with Gasteiger partial charge >= 0.3 is 0 Å². The summed E-state index contributed by atoms with van der Waals surface area (Å²) in [6, 6.07) is 0. The molecule has 0 aromatic carbocycles. The Morgan fingerprint density at radius 1 is 1.18 bits per heavy atom. The van der Waals surface area contributed by atoms with Crippen LogP contribution >= 0.6 is 37.2 Å². The van der Waals surface area contributed by atoms with E-state index >= 15 is 0 Å². The van der Waals surface area contributed by atoms with Crippen LogP contribution in [0.15, 0.2) is 0 Å². The molecule has 0 aliphatic carbocycles. The highest BCUT2D eigenvalue weighted by Crippen LogP contribution is 2.09. The third-order valence-electron chi connectivity index (χ3n) is 2.15. The maximum Gasteiger partial charge on any atom is 0.0736 e. The van der Waals surface area contributed by atoms with Crippen molar-refractivity contribution in [2.75, 3.05) is 14.1 Å². The molecule has 0 radical (unpaired) electrons. The van der Waals surface area contributed by atoms with E-state index in [0.717, 1.165) is 0 Å². The van der Waals surface area contributed by atoms with Crippen LogP contribution in [0.25, 0.3) is 0 Å². The molecule has 0 spiro atoms. The quantitative estimate of drug-likeness (QED) is 0.645. The first-order valence-corrected chi connectivity index (χ1v) is 9.76. The second-order valence-electron chi connectivity index (χ2n) is 2.71. The molecule has 0 aromatic rings. The van der Waals surface area contributed by atoms with Crippen LogP contribution in [-0.4, -0.2) is 36.3 Å². The normalized spacial score (nSPS) is 33.3. The van der Waals surface area contributed by atoms with Crippen LogP contribution in [0, 0.1) is 0 Å². The van der Waals surface area contributed by atoms with Crippen molar-refractivity contribution in [3.63, 3.8) is 0 Å². The molecule has 2 atom stereocenters. The van der Waals surface area contributed by atoms with E-state index in [2.05, 4.69) is 80.5 Å². The van der Waals surface area contributed by atoms with Crippen molar-refractivity contribution < 1.29 is 0 Å². The smallest absolute Gasteiger partial charge is 0.0736 e. The molecule has 5 heteroatoms. The van der Waals surface area contributed by atoms with E-state index in [1.54, 1.807) is 0 Å². The van der Waals surface area contributed by atoms with E-state index < -0.39 is 0 Å². The predicted octanol–water partition coefficient (Wildman–Crippen LogP) is 1.83. The monoisotopic (exact) mass is 383 g/mol. The molecule has 0 amide bonds. The Bertz CT molecular complexity index is 100. The Morgan fingerprint density at radius 2 is 1.64 bits per heavy atom. The van der Waals surface area contributed by atoms with Crippen molar-refractivity contribution in [3.05, 3.63) is 0 Å². The van der Waals surface area contributed by atoms with Gasteiger partial charge in [0.2, 0.25) is 0 Å². The standard InChI is InChI=1S/C6H15N3.I2/c1-5-7-9(4)6(2)8(5)3;1-2/h5-7H,1-4H3;. The van der Waals surface area contributed by atoms with Gasteiger partial charge in [-0.1, -0.05) is 0 Å². The Labute approximate surface area is 92.2 Å². The highest BCUT2D eigenvalue weighted by molar-refractivity contribution is 15.0. The number of hydrogen-bond donors (Lipinski definition) is 1. The summed E-state index contributed by atoms with van der Waals surface area (Å²) in [5.74, 6) is 0. The van der Waals surface area contributed by atoms with Gasteiger partial charge in [0.25, 0.3) is 0 Å². The van der Waals surface area contributed by atoms with Crippen molar-refractivity contribution in [2.24, 2.45) is 0 Å². The van der Waals surface area contributed by atoms with Gasteiger partial charge in [-0.2, -0.15) is 0 Å². The highest BCUT2D eigenvalue weighted by Gasteiger charge is 2.27. The fraction of sp³-hybridized carbons (Fsp3) is 1.00. The van der Waals surface area contributed by atoms with Gasteiger partial charge in [-0.3, -0.25) is 4.90 Å². The van der Waals surface area contributed by atoms with Gasteiger partial charge in [-0.25, -0.2) is 10.4 Å². The largest absolute Gasteiger partial charge is 0.274 e. The van der Waals surface area contributed by atoms with E-state index in [1.807, 2.05) is 0 Å². The van der Waals surface area contributed by atoms with E-state index in [-0.39, 0.29) is 0 Å². The molecule has 1 N–H and O–H groups in total. The molecule has 2 unspecified atom stereocenters. The Balaban J connectivity index is 0.000000461. The number of rotatable bonds is 0. The van der Waals surface area contributed by atoms with E-state index in [4.69, 9.17) is 0 Å². The van der Waals surface area contributed by atoms with Crippen LogP contribution in [-0.2, 0) is 0 Å². The molecule has 0 bridgehead atoms. The number of halogens is 2. The lowest BCUT2D eigenvalue weighted by Crippen LogP contribution is -2.33. The second-order valence-corrected chi connectivity index (χ2v) is 2.71. The minimum absolute atomic E-state index is 0.477. The molecule has 1 rings (SSSR count). The zero-order valence-electron chi connectivity index (χ0n) is 7.31. The number of nitrogens with one attached hydrogen (secondary N) is 1. The van der Waals surface area contributed by atoms with Gasteiger partial charge in [0.15, 0.2) is 0 Å². The first-order valence-electron chi connectivity index (χ1n) is 3.48. The molecule has 0 saturated carbocycles. The van der Waals surface area contributed by atoms with Gasteiger partial charge in [0.05, 0.1) is 12.3 Å². The minimum Gasteiger partial charge on any atom is -0.274 e. The molecular weight excluding hydrogens is 368 g/mol. The zero-order valence-corrected chi connectivity index (χ0v) is 11.6. The van der Waals surface area contributed by atoms with Gasteiger partial charge in [-0.05, 0) is 20.9 Å². The summed E-state index contributed by atoms with van der Waals surface area (Å²) in [6.07, 6.45) is 0.991. The van der Waals surface area contributed by atoms with E-state index in [1.165, 1.54) is 0 Å². The van der Waals surface area contributed by atoms with Crippen LogP contribution in [0.3, 0.4) is 0 Å². The van der Waals surface area contributed by atoms with Gasteiger partial charge in [-0.15, -0.1) is 0 Å². The molecular formula is C6H15I2N3. The Kier molecular flexibility index (Phi) is 6.61. The number of nitrogens with zero attached hydrogens (tertiary/aromatic N) is 2. The van der Waals surface area contributed by atoms with Crippen LogP contribution < -0.4 is 5.43 Å². The zero-order chi connectivity index (χ0) is 9.02. The van der Waals surface area contributed by atoms with Crippen LogP contribution in [0.4, 0.5) is 0 Å². The number of hydrogen-bond acceptors (Lipinski definition) is 3. The summed E-state index contributed by atoms with van der Waals surface area (Å²) in [6.45, 7) is 4.33. The Morgan fingerprint density at radius 3 is 1.73 bits per heavy atom. The highest BCUT2D eigenvalue weighted by atomic mass is 128. The summed E-state index contributed by atoms with van der Waals surface area (Å²) in [7, 11) is 4.18. The fourth-order valence-corrected chi connectivity index (χ4v) is 1.09. The molecule has 68 valence electrons. The third-order valence-corrected chi connectivity index (χ3v) is 2.15. The van der Waals surface area contributed by atoms with Gasteiger partial charge < -0.3 is 0 Å². The van der Waals surface area contributed by atoms with Crippen LogP contribution in [0.2, 0.25) is 0 Å². The van der Waals surface area contributed by atoms with Crippen molar-refractivity contribution in [2.45, 2.75) is 26.2 Å². The SMILES string of the molecule is CC1NN(C)C(C)N1C.II. The van der Waals surface area contributed by atoms with Crippen molar-refractivity contribution in [3.8, 4) is 0 Å². The third kappa shape index (κ3) is 3.29. The second kappa shape index (κ2) is 5.90. The number of hydrazine groups is 1. The molecule has 1 heterocycles. The van der Waals surface area contributed by atoms with Crippen LogP contribution in [0.1, 0.15) is 13.8 Å². The Hall–Kier alpha value is 1.34. The lowest BCUT2D eigenvalue weighted by atomic mass is 10.4. The molecule has 11 heavy (non-hydrogen) atoms. The molecule has 1 aliphatic heterocycles. The average Bonchev–Trinajstić information content (AvgIpc) is 2.22. The summed E-state index contributed by atoms with van der Waals surface area (Å²) in [4.78, 5) is 2.28. The fourth-order valence-electron chi connectivity index (χ4n) is 1.09. The lowest BCUT2D eigenvalue weighted by Gasteiger charge is -2.18. The molecule has 0 aromatic heterocycles. The van der Waals surface area contributed by atoms with Gasteiger partial charge in [0, 0.05) is 44.3 Å². The maximum atomic E-state index is 3.28. The first kappa shape index (κ1) is 12.3. The summed E-state index contributed by atoms with van der Waals surface area (Å²) >= 11 is 4.24. The lowest BCUT2D eigenvalue weighted by molar-refractivity contribution is 0.180. The predicted molar refractivity (Wildman–Crippen MR) is 65.6 cm³/mol. The van der Waals surface area contributed by atoms with Crippen molar-refractivity contribution >= 4 is 37.2 Å². The molecule has 1 saturated heterocycles. The topological polar surface area (TPSA) is 18.5 Å². The first-order chi connectivity index (χ1) is 5.13. The molecule has 1 fully saturated rings. The van der Waals surface area contributed by atoms with Gasteiger partial charge in [0.1, 0.15) is 0 Å². The summed E-state index contributed by atoms with van der Waals surface area (Å²) in [5.41, 5.74) is 3.28. The van der Waals surface area contributed by atoms with Crippen molar-refractivity contribution in [1.29, 1.82) is 0 Å². The summed E-state index contributed by atoms with van der Waals surface area (Å²) < 4.78 is 0. The minimum atomic E-state index is 0.477. The van der Waals surface area contributed by atoms with E-state index in [9.17, 15) is 0 Å².